The zero-order valence-electron chi connectivity index (χ0n) is 13.1. The summed E-state index contributed by atoms with van der Waals surface area (Å²) in [6, 6.07) is 15.2. The van der Waals surface area contributed by atoms with Crippen molar-refractivity contribution in [2.45, 2.75) is 29.8 Å². The van der Waals surface area contributed by atoms with Crippen LogP contribution in [0.4, 0.5) is 0 Å². The largest absolute Gasteiger partial charge is 0.384 e. The Hall–Kier alpha value is -2.20. The van der Waals surface area contributed by atoms with Crippen molar-refractivity contribution in [1.82, 2.24) is 4.72 Å². The van der Waals surface area contributed by atoms with Crippen LogP contribution in [0.2, 0.25) is 0 Å². The van der Waals surface area contributed by atoms with E-state index in [0.717, 1.165) is 24.0 Å². The monoisotopic (exact) mass is 342 g/mol. The number of aliphatic hydroxyl groups is 1. The van der Waals surface area contributed by atoms with Gasteiger partial charge in [-0.25, -0.2) is 13.1 Å². The van der Waals surface area contributed by atoms with Crippen LogP contribution in [0, 0.1) is 11.3 Å². The summed E-state index contributed by atoms with van der Waals surface area (Å²) in [4.78, 5) is 0.0780. The Kier molecular flexibility index (Phi) is 4.41. The van der Waals surface area contributed by atoms with Gasteiger partial charge in [-0.3, -0.25) is 0 Å². The SMILES string of the molecule is N#Cc1ccc(S(=O)(=O)NCC2(O)CCCc3ccccc32)cc1. The van der Waals surface area contributed by atoms with E-state index < -0.39 is 15.6 Å². The van der Waals surface area contributed by atoms with Crippen LogP contribution in [0.25, 0.3) is 0 Å². The summed E-state index contributed by atoms with van der Waals surface area (Å²) < 4.78 is 27.4. The lowest BCUT2D eigenvalue weighted by molar-refractivity contribution is 0.0243. The fourth-order valence-corrected chi connectivity index (χ4v) is 4.18. The summed E-state index contributed by atoms with van der Waals surface area (Å²) in [7, 11) is -3.74. The molecule has 1 aliphatic rings. The van der Waals surface area contributed by atoms with E-state index >= 15 is 0 Å². The summed E-state index contributed by atoms with van der Waals surface area (Å²) >= 11 is 0. The van der Waals surface area contributed by atoms with E-state index in [1.807, 2.05) is 30.3 Å². The Morgan fingerprint density at radius 2 is 1.88 bits per heavy atom. The van der Waals surface area contributed by atoms with Gasteiger partial charge in [0.2, 0.25) is 10.0 Å². The lowest BCUT2D eigenvalue weighted by Crippen LogP contribution is -2.42. The van der Waals surface area contributed by atoms with Crippen LogP contribution in [0.3, 0.4) is 0 Å². The fraction of sp³-hybridized carbons (Fsp3) is 0.278. The minimum absolute atomic E-state index is 0.0770. The molecule has 0 amide bonds. The first kappa shape index (κ1) is 16.7. The average molecular weight is 342 g/mol. The second-order valence-electron chi connectivity index (χ2n) is 6.00. The number of rotatable bonds is 4. The topological polar surface area (TPSA) is 90.2 Å². The maximum atomic E-state index is 12.4. The number of sulfonamides is 1. The maximum absolute atomic E-state index is 12.4. The van der Waals surface area contributed by atoms with Crippen molar-refractivity contribution >= 4 is 10.0 Å². The minimum Gasteiger partial charge on any atom is -0.384 e. The van der Waals surface area contributed by atoms with Crippen molar-refractivity contribution in [3.05, 3.63) is 65.2 Å². The average Bonchev–Trinajstić information content (AvgIpc) is 2.61. The Balaban J connectivity index is 1.81. The van der Waals surface area contributed by atoms with Gasteiger partial charge in [-0.1, -0.05) is 24.3 Å². The predicted molar refractivity (Wildman–Crippen MR) is 89.6 cm³/mol. The molecule has 2 aromatic carbocycles. The second-order valence-corrected chi connectivity index (χ2v) is 7.77. The lowest BCUT2D eigenvalue weighted by atomic mass is 9.79. The number of nitriles is 1. The van der Waals surface area contributed by atoms with Crippen LogP contribution >= 0.6 is 0 Å². The quantitative estimate of drug-likeness (QED) is 0.890. The molecule has 1 unspecified atom stereocenters. The van der Waals surface area contributed by atoms with Gasteiger partial charge in [-0.15, -0.1) is 0 Å². The molecule has 1 atom stereocenters. The summed E-state index contributed by atoms with van der Waals surface area (Å²) in [6.07, 6.45) is 2.22. The number of hydrogen-bond acceptors (Lipinski definition) is 4. The molecule has 0 bridgehead atoms. The van der Waals surface area contributed by atoms with Crippen molar-refractivity contribution in [3.63, 3.8) is 0 Å². The van der Waals surface area contributed by atoms with E-state index in [0.29, 0.717) is 12.0 Å². The first-order chi connectivity index (χ1) is 11.4. The highest BCUT2D eigenvalue weighted by molar-refractivity contribution is 7.89. The molecule has 0 radical (unpaired) electrons. The lowest BCUT2D eigenvalue weighted by Gasteiger charge is -2.34. The van der Waals surface area contributed by atoms with Gasteiger partial charge in [0, 0.05) is 6.54 Å². The Labute approximate surface area is 141 Å². The van der Waals surface area contributed by atoms with E-state index in [2.05, 4.69) is 4.72 Å². The summed E-state index contributed by atoms with van der Waals surface area (Å²) in [5.74, 6) is 0. The van der Waals surface area contributed by atoms with Crippen molar-refractivity contribution in [2.24, 2.45) is 0 Å². The third kappa shape index (κ3) is 3.20. The first-order valence-corrected chi connectivity index (χ1v) is 9.23. The standard InChI is InChI=1S/C18H18N2O3S/c19-12-14-7-9-16(10-8-14)24(22,23)20-13-18(21)11-3-5-15-4-1-2-6-17(15)18/h1-2,4,6-10,20-21H,3,5,11,13H2. The van der Waals surface area contributed by atoms with Crippen molar-refractivity contribution in [1.29, 1.82) is 5.26 Å². The molecule has 24 heavy (non-hydrogen) atoms. The molecule has 0 saturated heterocycles. The van der Waals surface area contributed by atoms with Gasteiger partial charge in [0.1, 0.15) is 5.60 Å². The van der Waals surface area contributed by atoms with Gasteiger partial charge in [0.25, 0.3) is 0 Å². The van der Waals surface area contributed by atoms with Crippen molar-refractivity contribution in [2.75, 3.05) is 6.54 Å². The van der Waals surface area contributed by atoms with E-state index in [1.54, 1.807) is 0 Å². The van der Waals surface area contributed by atoms with E-state index in [-0.39, 0.29) is 11.4 Å². The highest BCUT2D eigenvalue weighted by Crippen LogP contribution is 2.34. The molecule has 0 aliphatic heterocycles. The Bertz CT molecular complexity index is 885. The molecular formula is C18H18N2O3S. The van der Waals surface area contributed by atoms with Crippen LogP contribution in [0.1, 0.15) is 29.5 Å². The van der Waals surface area contributed by atoms with Gasteiger partial charge in [-0.05, 0) is 54.7 Å². The predicted octanol–water partition coefficient (Wildman–Crippen LogP) is 2.06. The van der Waals surface area contributed by atoms with E-state index in [9.17, 15) is 13.5 Å². The zero-order chi connectivity index (χ0) is 17.2. The summed E-state index contributed by atoms with van der Waals surface area (Å²) in [5, 5.41) is 19.7. The van der Waals surface area contributed by atoms with Gasteiger partial charge >= 0.3 is 0 Å². The second kappa shape index (κ2) is 6.36. The third-order valence-corrected chi connectivity index (χ3v) is 5.82. The summed E-state index contributed by atoms with van der Waals surface area (Å²) in [5.41, 5.74) is 1.05. The first-order valence-electron chi connectivity index (χ1n) is 7.75. The highest BCUT2D eigenvalue weighted by Gasteiger charge is 2.35. The van der Waals surface area contributed by atoms with Gasteiger partial charge in [0.05, 0.1) is 16.5 Å². The number of benzene rings is 2. The minimum atomic E-state index is -3.74. The maximum Gasteiger partial charge on any atom is 0.240 e. The molecule has 0 heterocycles. The molecule has 124 valence electrons. The number of nitrogens with zero attached hydrogens (tertiary/aromatic N) is 1. The van der Waals surface area contributed by atoms with Crippen LogP contribution in [0.15, 0.2) is 53.4 Å². The van der Waals surface area contributed by atoms with E-state index in [1.165, 1.54) is 24.3 Å². The smallest absolute Gasteiger partial charge is 0.240 e. The molecule has 3 rings (SSSR count). The zero-order valence-corrected chi connectivity index (χ0v) is 13.9. The fourth-order valence-electron chi connectivity index (χ4n) is 3.09. The molecule has 6 heteroatoms. The molecule has 0 saturated carbocycles. The normalized spacial score (nSPS) is 20.2. The molecular weight excluding hydrogens is 324 g/mol. The van der Waals surface area contributed by atoms with Crippen molar-refractivity contribution < 1.29 is 13.5 Å². The Morgan fingerprint density at radius 1 is 1.17 bits per heavy atom. The molecule has 0 spiro atoms. The molecule has 0 aromatic heterocycles. The summed E-state index contributed by atoms with van der Waals surface area (Å²) in [6.45, 7) is -0.0770. The molecule has 2 N–H and O–H groups in total. The van der Waals surface area contributed by atoms with Gasteiger partial charge in [-0.2, -0.15) is 5.26 Å². The number of aryl methyl sites for hydroxylation is 1. The van der Waals surface area contributed by atoms with Gasteiger partial charge in [0.15, 0.2) is 0 Å². The molecule has 5 nitrogen and oxygen atoms in total. The highest BCUT2D eigenvalue weighted by atomic mass is 32.2. The molecule has 1 aliphatic carbocycles. The number of hydrogen-bond donors (Lipinski definition) is 2. The van der Waals surface area contributed by atoms with Crippen LogP contribution in [0.5, 0.6) is 0 Å². The Morgan fingerprint density at radius 3 is 2.58 bits per heavy atom. The third-order valence-electron chi connectivity index (χ3n) is 4.40. The van der Waals surface area contributed by atoms with Gasteiger partial charge < -0.3 is 5.11 Å². The van der Waals surface area contributed by atoms with Crippen LogP contribution < -0.4 is 4.72 Å². The van der Waals surface area contributed by atoms with E-state index in [4.69, 9.17) is 5.26 Å². The van der Waals surface area contributed by atoms with Crippen LogP contribution in [-0.2, 0) is 22.0 Å². The number of fused-ring (bicyclic) bond motifs is 1. The molecule has 0 fully saturated rings. The number of nitrogens with one attached hydrogen (secondary N) is 1. The van der Waals surface area contributed by atoms with Crippen molar-refractivity contribution in [3.8, 4) is 6.07 Å². The molecule has 2 aromatic rings. The van der Waals surface area contributed by atoms with Crippen LogP contribution in [-0.4, -0.2) is 20.1 Å².